The maximum atomic E-state index is 11.2. The second-order valence-corrected chi connectivity index (χ2v) is 2.99. The lowest BCUT2D eigenvalue weighted by Gasteiger charge is -2.03. The second kappa shape index (κ2) is 4.19. The number of methoxy groups -OCH3 is 1. The highest BCUT2D eigenvalue weighted by molar-refractivity contribution is 6.30. The molecule has 0 N–H and O–H groups in total. The molecule has 5 heteroatoms. The smallest absolute Gasteiger partial charge is 0.340 e. The molecule has 0 aliphatic rings. The van der Waals surface area contributed by atoms with Gasteiger partial charge in [0.1, 0.15) is 5.15 Å². The number of hydrogen-bond acceptors (Lipinski definition) is 4. The standard InChI is InChI=1S/C9H8ClNO3/c1-5(12)6-3-8(10)11-4-7(6)9(13)14-2/h3-4H,1-2H3. The van der Waals surface area contributed by atoms with Crippen LogP contribution in [0, 0.1) is 0 Å². The lowest BCUT2D eigenvalue weighted by Crippen LogP contribution is -2.09. The number of hydrogen-bond donors (Lipinski definition) is 0. The van der Waals surface area contributed by atoms with Crippen LogP contribution in [0.3, 0.4) is 0 Å². The number of ketones is 1. The molecule has 0 aliphatic heterocycles. The average molecular weight is 214 g/mol. The molecule has 0 bridgehead atoms. The minimum Gasteiger partial charge on any atom is -0.465 e. The Morgan fingerprint density at radius 1 is 1.43 bits per heavy atom. The van der Waals surface area contributed by atoms with Gasteiger partial charge in [0.2, 0.25) is 0 Å². The molecule has 1 aromatic heterocycles. The minimum atomic E-state index is -0.598. The van der Waals surface area contributed by atoms with Gasteiger partial charge in [-0.25, -0.2) is 9.78 Å². The molecule has 0 radical (unpaired) electrons. The molecular weight excluding hydrogens is 206 g/mol. The highest BCUT2D eigenvalue weighted by atomic mass is 35.5. The second-order valence-electron chi connectivity index (χ2n) is 2.60. The van der Waals surface area contributed by atoms with Crippen molar-refractivity contribution in [3.8, 4) is 0 Å². The van der Waals surface area contributed by atoms with Crippen molar-refractivity contribution < 1.29 is 14.3 Å². The van der Waals surface area contributed by atoms with Crippen LogP contribution in [0.15, 0.2) is 12.3 Å². The zero-order valence-corrected chi connectivity index (χ0v) is 8.46. The van der Waals surface area contributed by atoms with Gasteiger partial charge >= 0.3 is 5.97 Å². The first kappa shape index (κ1) is 10.7. The van der Waals surface area contributed by atoms with Crippen LogP contribution in [-0.2, 0) is 4.74 Å². The Hall–Kier alpha value is -1.42. The molecule has 0 saturated carbocycles. The van der Waals surface area contributed by atoms with Crippen LogP contribution in [0.2, 0.25) is 5.15 Å². The van der Waals surface area contributed by atoms with Crippen LogP contribution in [0.4, 0.5) is 0 Å². The van der Waals surface area contributed by atoms with Crippen molar-refractivity contribution in [2.45, 2.75) is 6.92 Å². The third-order valence-corrected chi connectivity index (χ3v) is 1.86. The predicted octanol–water partition coefficient (Wildman–Crippen LogP) is 1.72. The molecule has 4 nitrogen and oxygen atoms in total. The van der Waals surface area contributed by atoms with Crippen LogP contribution in [0.1, 0.15) is 27.6 Å². The highest BCUT2D eigenvalue weighted by Crippen LogP contribution is 2.14. The SMILES string of the molecule is COC(=O)c1cnc(Cl)cc1C(C)=O. The van der Waals surface area contributed by atoms with E-state index < -0.39 is 5.97 Å². The first-order valence-corrected chi connectivity index (χ1v) is 4.19. The van der Waals surface area contributed by atoms with Gasteiger partial charge < -0.3 is 4.74 Å². The summed E-state index contributed by atoms with van der Waals surface area (Å²) in [5, 5.41) is 0.169. The molecule has 1 aromatic rings. The quantitative estimate of drug-likeness (QED) is 0.427. The van der Waals surface area contributed by atoms with Gasteiger partial charge in [-0.1, -0.05) is 11.6 Å². The summed E-state index contributed by atoms with van der Waals surface area (Å²) < 4.78 is 4.49. The summed E-state index contributed by atoms with van der Waals surface area (Å²) in [7, 11) is 1.24. The number of Topliss-reactive ketones (excluding diaryl/α,β-unsaturated/α-hetero) is 1. The molecule has 14 heavy (non-hydrogen) atoms. The van der Waals surface area contributed by atoms with E-state index in [4.69, 9.17) is 11.6 Å². The number of nitrogens with zero attached hydrogens (tertiary/aromatic N) is 1. The van der Waals surface area contributed by atoms with E-state index in [0.717, 1.165) is 0 Å². The molecule has 0 aliphatic carbocycles. The van der Waals surface area contributed by atoms with E-state index in [1.807, 2.05) is 0 Å². The summed E-state index contributed by atoms with van der Waals surface area (Å²) in [4.78, 5) is 26.0. The lowest BCUT2D eigenvalue weighted by atomic mass is 10.1. The fourth-order valence-electron chi connectivity index (χ4n) is 0.994. The molecule has 0 spiro atoms. The van der Waals surface area contributed by atoms with Crippen molar-refractivity contribution in [1.29, 1.82) is 0 Å². The Kier molecular flexibility index (Phi) is 3.19. The molecule has 0 aromatic carbocycles. The lowest BCUT2D eigenvalue weighted by molar-refractivity contribution is 0.0596. The van der Waals surface area contributed by atoms with E-state index >= 15 is 0 Å². The average Bonchev–Trinajstić information content (AvgIpc) is 2.16. The topological polar surface area (TPSA) is 56.3 Å². The molecule has 0 amide bonds. The molecule has 0 atom stereocenters. The van der Waals surface area contributed by atoms with Gasteiger partial charge in [-0.05, 0) is 13.0 Å². The van der Waals surface area contributed by atoms with E-state index in [0.29, 0.717) is 0 Å². The Morgan fingerprint density at radius 3 is 2.57 bits per heavy atom. The molecular formula is C9H8ClNO3. The predicted molar refractivity (Wildman–Crippen MR) is 50.6 cm³/mol. The van der Waals surface area contributed by atoms with Crippen molar-refractivity contribution in [2.24, 2.45) is 0 Å². The van der Waals surface area contributed by atoms with Crippen molar-refractivity contribution in [1.82, 2.24) is 4.98 Å². The van der Waals surface area contributed by atoms with Crippen molar-refractivity contribution in [3.05, 3.63) is 28.5 Å². The largest absolute Gasteiger partial charge is 0.465 e. The first-order chi connectivity index (χ1) is 6.56. The van der Waals surface area contributed by atoms with E-state index in [2.05, 4.69) is 9.72 Å². The van der Waals surface area contributed by atoms with Crippen LogP contribution >= 0.6 is 11.6 Å². The number of esters is 1. The first-order valence-electron chi connectivity index (χ1n) is 3.81. The maximum absolute atomic E-state index is 11.2. The third-order valence-electron chi connectivity index (χ3n) is 1.66. The Bertz CT molecular complexity index is 390. The summed E-state index contributed by atoms with van der Waals surface area (Å²) in [5.74, 6) is -0.853. The van der Waals surface area contributed by atoms with E-state index in [1.165, 1.54) is 26.3 Å². The Balaban J connectivity index is 3.28. The molecule has 74 valence electrons. The van der Waals surface area contributed by atoms with Crippen LogP contribution in [-0.4, -0.2) is 23.8 Å². The van der Waals surface area contributed by atoms with Crippen LogP contribution in [0.25, 0.3) is 0 Å². The zero-order chi connectivity index (χ0) is 10.7. The summed E-state index contributed by atoms with van der Waals surface area (Å²) in [6, 6.07) is 1.34. The van der Waals surface area contributed by atoms with Crippen molar-refractivity contribution >= 4 is 23.4 Å². The monoisotopic (exact) mass is 213 g/mol. The number of halogens is 1. The number of ether oxygens (including phenoxy) is 1. The summed E-state index contributed by atoms with van der Waals surface area (Å²) in [5.41, 5.74) is 0.348. The number of carbonyl (C=O) groups excluding carboxylic acids is 2. The van der Waals surface area contributed by atoms with Gasteiger partial charge in [-0.3, -0.25) is 4.79 Å². The maximum Gasteiger partial charge on any atom is 0.340 e. The van der Waals surface area contributed by atoms with Gasteiger partial charge in [0.05, 0.1) is 12.7 Å². The van der Waals surface area contributed by atoms with Crippen molar-refractivity contribution in [3.63, 3.8) is 0 Å². The summed E-state index contributed by atoms with van der Waals surface area (Å²) in [6.07, 6.45) is 1.23. The number of aromatic nitrogens is 1. The highest BCUT2D eigenvalue weighted by Gasteiger charge is 2.15. The zero-order valence-electron chi connectivity index (χ0n) is 7.70. The third kappa shape index (κ3) is 2.09. The molecule has 0 fully saturated rings. The van der Waals surface area contributed by atoms with Gasteiger partial charge in [-0.2, -0.15) is 0 Å². The molecule has 0 unspecified atom stereocenters. The van der Waals surface area contributed by atoms with E-state index in [1.54, 1.807) is 0 Å². The van der Waals surface area contributed by atoms with Crippen molar-refractivity contribution in [2.75, 3.05) is 7.11 Å². The Morgan fingerprint density at radius 2 is 2.07 bits per heavy atom. The normalized spacial score (nSPS) is 9.64. The van der Waals surface area contributed by atoms with E-state index in [9.17, 15) is 9.59 Å². The van der Waals surface area contributed by atoms with Crippen LogP contribution < -0.4 is 0 Å². The van der Waals surface area contributed by atoms with Gasteiger partial charge in [0.25, 0.3) is 0 Å². The van der Waals surface area contributed by atoms with Crippen LogP contribution in [0.5, 0.6) is 0 Å². The molecule has 0 saturated heterocycles. The fourth-order valence-corrected chi connectivity index (χ4v) is 1.15. The van der Waals surface area contributed by atoms with Gasteiger partial charge in [-0.15, -0.1) is 0 Å². The number of pyridine rings is 1. The van der Waals surface area contributed by atoms with E-state index in [-0.39, 0.29) is 22.1 Å². The molecule has 1 rings (SSSR count). The fraction of sp³-hybridized carbons (Fsp3) is 0.222. The summed E-state index contributed by atoms with van der Waals surface area (Å²) in [6.45, 7) is 1.35. The number of rotatable bonds is 2. The minimum absolute atomic E-state index is 0.129. The number of carbonyl (C=O) groups is 2. The van der Waals surface area contributed by atoms with Gasteiger partial charge in [0, 0.05) is 11.8 Å². The van der Waals surface area contributed by atoms with Gasteiger partial charge in [0.15, 0.2) is 5.78 Å². The Labute approximate surface area is 85.9 Å². The molecule has 1 heterocycles. The summed E-state index contributed by atoms with van der Waals surface area (Å²) >= 11 is 5.59.